The molecule has 1 aromatic heterocycles. The number of rotatable bonds is 5. The van der Waals surface area contributed by atoms with E-state index < -0.39 is 6.10 Å². The zero-order valence-corrected chi connectivity index (χ0v) is 22.3. The van der Waals surface area contributed by atoms with Crippen LogP contribution in [0.3, 0.4) is 0 Å². The number of hydrogen-bond acceptors (Lipinski definition) is 5. The van der Waals surface area contributed by atoms with Gasteiger partial charge in [0.1, 0.15) is 0 Å². The molecule has 182 valence electrons. The van der Waals surface area contributed by atoms with E-state index in [9.17, 15) is 9.90 Å². The van der Waals surface area contributed by atoms with Crippen molar-refractivity contribution >= 4 is 51.3 Å². The monoisotopic (exact) mass is 519 g/mol. The molecule has 1 heterocycles. The molecule has 2 N–H and O–H groups in total. The molecule has 2 aliphatic rings. The molecule has 0 aliphatic heterocycles. The van der Waals surface area contributed by atoms with Crippen molar-refractivity contribution in [3.8, 4) is 12.3 Å². The number of thiazole rings is 1. The summed E-state index contributed by atoms with van der Waals surface area (Å²) in [5.41, 5.74) is 1.61. The fourth-order valence-electron chi connectivity index (χ4n) is 6.07. The van der Waals surface area contributed by atoms with E-state index in [0.29, 0.717) is 15.7 Å². The quantitative estimate of drug-likeness (QED) is 0.477. The fraction of sp³-hybridized carbons (Fsp3) is 0.538. The van der Waals surface area contributed by atoms with Gasteiger partial charge in [-0.3, -0.25) is 4.79 Å². The van der Waals surface area contributed by atoms with Crippen LogP contribution in [0.5, 0.6) is 0 Å². The maximum absolute atomic E-state index is 12.9. The molecule has 0 spiro atoms. The number of fused-ring (bicyclic) bond motifs is 2. The van der Waals surface area contributed by atoms with Gasteiger partial charge in [-0.2, -0.15) is 0 Å². The molecule has 0 unspecified atom stereocenters. The second-order valence-corrected chi connectivity index (χ2v) is 12.0. The average Bonchev–Trinajstić information content (AvgIpc) is 3.18. The van der Waals surface area contributed by atoms with Crippen molar-refractivity contribution < 1.29 is 9.90 Å². The van der Waals surface area contributed by atoms with Crippen molar-refractivity contribution in [1.82, 2.24) is 9.88 Å². The smallest absolute Gasteiger partial charge is 0.226 e. The van der Waals surface area contributed by atoms with Gasteiger partial charge in [-0.25, -0.2) is 4.98 Å². The van der Waals surface area contributed by atoms with Crippen molar-refractivity contribution in [2.24, 2.45) is 23.2 Å². The molecule has 6 atom stereocenters. The van der Waals surface area contributed by atoms with Crippen LogP contribution < -0.4 is 5.32 Å². The Morgan fingerprint density at radius 1 is 1.44 bits per heavy atom. The average molecular weight is 521 g/mol. The number of hydrogen-bond donors (Lipinski definition) is 2. The minimum absolute atomic E-state index is 0.00785. The standard InChI is InChI=1S/C26H31Cl2N3O2S/c1-6-12-31(5)24(33)14(2)16-10-11-26(4)13-19-21(15(3)20(26)23(16)32)29-25(34-19)30-22-17(27)8-7-9-18(22)28/h1,7-9,14-16,20,23,32H,10-13H2,2-5H3,(H,29,30)/t14-,15+,16-,20+,23-,26+/m0/s1. The van der Waals surface area contributed by atoms with E-state index in [1.54, 1.807) is 35.4 Å². The highest BCUT2D eigenvalue weighted by Crippen LogP contribution is 2.57. The summed E-state index contributed by atoms with van der Waals surface area (Å²) in [7, 11) is 1.72. The van der Waals surface area contributed by atoms with E-state index in [2.05, 4.69) is 25.1 Å². The molecule has 2 aliphatic carbocycles. The molecule has 34 heavy (non-hydrogen) atoms. The minimum Gasteiger partial charge on any atom is -0.392 e. The van der Waals surface area contributed by atoms with E-state index in [1.807, 2.05) is 13.0 Å². The molecule has 1 fully saturated rings. The highest BCUT2D eigenvalue weighted by atomic mass is 35.5. The van der Waals surface area contributed by atoms with Gasteiger partial charge in [0.15, 0.2) is 5.13 Å². The van der Waals surface area contributed by atoms with Crippen LogP contribution >= 0.6 is 34.5 Å². The van der Waals surface area contributed by atoms with Gasteiger partial charge in [-0.15, -0.1) is 17.8 Å². The molecule has 0 bridgehead atoms. The molecular weight excluding hydrogens is 489 g/mol. The van der Waals surface area contributed by atoms with Crippen LogP contribution in [0.25, 0.3) is 0 Å². The summed E-state index contributed by atoms with van der Waals surface area (Å²) >= 11 is 14.3. The number of anilines is 2. The van der Waals surface area contributed by atoms with Crippen LogP contribution in [0.1, 0.15) is 50.1 Å². The first-order chi connectivity index (χ1) is 16.1. The number of aliphatic hydroxyl groups is 1. The molecule has 8 heteroatoms. The van der Waals surface area contributed by atoms with Gasteiger partial charge in [0.05, 0.1) is 34.1 Å². The lowest BCUT2D eigenvalue weighted by Gasteiger charge is -2.53. The number of aliphatic hydroxyl groups excluding tert-OH is 1. The van der Waals surface area contributed by atoms with Gasteiger partial charge in [-0.05, 0) is 48.6 Å². The maximum atomic E-state index is 12.9. The van der Waals surface area contributed by atoms with Gasteiger partial charge in [0.2, 0.25) is 5.91 Å². The largest absolute Gasteiger partial charge is 0.392 e. The lowest BCUT2D eigenvalue weighted by Crippen LogP contribution is -2.53. The maximum Gasteiger partial charge on any atom is 0.226 e. The first-order valence-corrected chi connectivity index (χ1v) is 13.2. The van der Waals surface area contributed by atoms with Crippen molar-refractivity contribution in [2.75, 3.05) is 18.9 Å². The SMILES string of the molecule is C#CCN(C)C(=O)[C@@H](C)[C@@H]1CC[C@]2(C)Cc3sc(Nc4c(Cl)cccc4Cl)nc3[C@H](C)[C@@H]2[C@H]1O. The summed E-state index contributed by atoms with van der Waals surface area (Å²) in [6, 6.07) is 5.40. The Balaban J connectivity index is 1.59. The summed E-state index contributed by atoms with van der Waals surface area (Å²) in [6.45, 7) is 6.61. The fourth-order valence-corrected chi connectivity index (χ4v) is 7.83. The topological polar surface area (TPSA) is 65.5 Å². The number of nitrogens with zero attached hydrogens (tertiary/aromatic N) is 2. The van der Waals surface area contributed by atoms with Crippen LogP contribution in [0.4, 0.5) is 10.8 Å². The van der Waals surface area contributed by atoms with Crippen LogP contribution in [-0.2, 0) is 11.2 Å². The Bertz CT molecular complexity index is 1110. The van der Waals surface area contributed by atoms with Crippen molar-refractivity contribution in [3.05, 3.63) is 38.8 Å². The predicted molar refractivity (Wildman–Crippen MR) is 140 cm³/mol. The minimum atomic E-state index is -0.587. The first kappa shape index (κ1) is 25.3. The molecule has 0 radical (unpaired) electrons. The number of carbonyl (C=O) groups is 1. The number of para-hydroxylation sites is 1. The van der Waals surface area contributed by atoms with Crippen LogP contribution in [-0.4, -0.2) is 40.6 Å². The van der Waals surface area contributed by atoms with Gasteiger partial charge in [0.25, 0.3) is 0 Å². The van der Waals surface area contributed by atoms with E-state index in [0.717, 1.165) is 30.1 Å². The normalized spacial score (nSPS) is 28.9. The molecule has 1 saturated carbocycles. The number of halogens is 2. The van der Waals surface area contributed by atoms with Gasteiger partial charge in [-0.1, -0.05) is 56.0 Å². The van der Waals surface area contributed by atoms with Gasteiger partial charge >= 0.3 is 0 Å². The lowest BCUT2D eigenvalue weighted by molar-refractivity contribution is -0.142. The highest BCUT2D eigenvalue weighted by molar-refractivity contribution is 7.15. The zero-order valence-electron chi connectivity index (χ0n) is 19.9. The summed E-state index contributed by atoms with van der Waals surface area (Å²) in [5.74, 6) is 2.20. The second-order valence-electron chi connectivity index (χ2n) is 10.1. The number of carbonyl (C=O) groups excluding carboxylic acids is 1. The first-order valence-electron chi connectivity index (χ1n) is 11.6. The zero-order chi connectivity index (χ0) is 24.8. The van der Waals surface area contributed by atoms with E-state index >= 15 is 0 Å². The number of nitrogens with one attached hydrogen (secondary N) is 1. The van der Waals surface area contributed by atoms with E-state index in [4.69, 9.17) is 34.6 Å². The number of amides is 1. The Morgan fingerprint density at radius 3 is 2.76 bits per heavy atom. The summed E-state index contributed by atoms with van der Waals surface area (Å²) < 4.78 is 0. The summed E-state index contributed by atoms with van der Waals surface area (Å²) in [5, 5.41) is 16.7. The van der Waals surface area contributed by atoms with Gasteiger partial charge in [0, 0.05) is 23.8 Å². The molecule has 5 nitrogen and oxygen atoms in total. The second kappa shape index (κ2) is 9.70. The third-order valence-corrected chi connectivity index (χ3v) is 9.47. The molecule has 1 amide bonds. The summed E-state index contributed by atoms with van der Waals surface area (Å²) in [6.07, 6.45) is 7.43. The third kappa shape index (κ3) is 4.44. The van der Waals surface area contributed by atoms with Crippen molar-refractivity contribution in [3.63, 3.8) is 0 Å². The van der Waals surface area contributed by atoms with Crippen LogP contribution in [0.2, 0.25) is 10.0 Å². The third-order valence-electron chi connectivity index (χ3n) is 7.85. The molecule has 2 aromatic rings. The van der Waals surface area contributed by atoms with Crippen molar-refractivity contribution in [2.45, 2.75) is 52.1 Å². The van der Waals surface area contributed by atoms with Crippen LogP contribution in [0.15, 0.2) is 18.2 Å². The van der Waals surface area contributed by atoms with E-state index in [1.165, 1.54) is 4.88 Å². The Kier molecular flexibility index (Phi) is 7.22. The lowest BCUT2D eigenvalue weighted by atomic mass is 9.53. The molecule has 4 rings (SSSR count). The number of aromatic nitrogens is 1. The summed E-state index contributed by atoms with van der Waals surface area (Å²) in [4.78, 5) is 20.6. The van der Waals surface area contributed by atoms with Gasteiger partial charge < -0.3 is 15.3 Å². The Morgan fingerprint density at radius 2 is 2.12 bits per heavy atom. The molecular formula is C26H31Cl2N3O2S. The number of benzene rings is 1. The number of terminal acetylenes is 1. The molecule has 1 aromatic carbocycles. The van der Waals surface area contributed by atoms with Crippen molar-refractivity contribution in [1.29, 1.82) is 0 Å². The Labute approximate surface area is 215 Å². The van der Waals surface area contributed by atoms with E-state index in [-0.39, 0.29) is 41.5 Å². The predicted octanol–water partition coefficient (Wildman–Crippen LogP) is 5.97. The van der Waals surface area contributed by atoms with Crippen LogP contribution in [0, 0.1) is 35.5 Å². The highest BCUT2D eigenvalue weighted by Gasteiger charge is 2.54. The molecule has 0 saturated heterocycles. The Hall–Kier alpha value is -1.78.